The van der Waals surface area contributed by atoms with Crippen LogP contribution in [-0.2, 0) is 42.4 Å². The van der Waals surface area contributed by atoms with Crippen LogP contribution in [0.3, 0.4) is 0 Å². The van der Waals surface area contributed by atoms with Gasteiger partial charge in [-0.05, 0) is 79.7 Å². The SMILES string of the molecule is CC1(C)C(=CC=CC=CC=CC2=Nc3c(ccc[n+]3CCCS(=O)(=O)O)C2(C)C)N(CCCCCC(=O)O)c2ccc(S(=O)(=O)O)cc21. The molecule has 258 valence electrons. The number of pyridine rings is 1. The minimum atomic E-state index is -4.37. The predicted molar refractivity (Wildman–Crippen MR) is 186 cm³/mol. The monoisotopic (exact) mass is 698 g/mol. The summed E-state index contributed by atoms with van der Waals surface area (Å²) in [6.07, 6.45) is 17.7. The predicted octanol–water partition coefficient (Wildman–Crippen LogP) is 5.86. The topological polar surface area (TPSA) is 166 Å². The third-order valence-electron chi connectivity index (χ3n) is 8.77. The van der Waals surface area contributed by atoms with Crippen LogP contribution in [0.4, 0.5) is 11.5 Å². The van der Waals surface area contributed by atoms with Gasteiger partial charge in [0, 0.05) is 36.2 Å². The molecule has 3 heterocycles. The lowest BCUT2D eigenvalue weighted by Crippen LogP contribution is -2.35. The van der Waals surface area contributed by atoms with Crippen molar-refractivity contribution in [1.82, 2.24) is 0 Å². The van der Waals surface area contributed by atoms with Gasteiger partial charge >= 0.3 is 11.8 Å². The van der Waals surface area contributed by atoms with Crippen LogP contribution >= 0.6 is 0 Å². The van der Waals surface area contributed by atoms with E-state index in [1.165, 1.54) is 12.1 Å². The van der Waals surface area contributed by atoms with Crippen LogP contribution in [0.5, 0.6) is 0 Å². The summed E-state index contributed by atoms with van der Waals surface area (Å²) >= 11 is 0. The maximum Gasteiger partial charge on any atom is 0.327 e. The van der Waals surface area contributed by atoms with Crippen molar-refractivity contribution in [3.05, 3.63) is 95.9 Å². The van der Waals surface area contributed by atoms with Gasteiger partial charge in [0.1, 0.15) is 0 Å². The van der Waals surface area contributed by atoms with E-state index >= 15 is 0 Å². The second-order valence-corrected chi connectivity index (χ2v) is 16.0. The minimum absolute atomic E-state index is 0.115. The molecule has 0 atom stereocenters. The summed E-state index contributed by atoms with van der Waals surface area (Å²) in [6, 6.07) is 8.54. The Kier molecular flexibility index (Phi) is 11.3. The highest BCUT2D eigenvalue weighted by atomic mass is 32.2. The molecule has 48 heavy (non-hydrogen) atoms. The molecule has 2 aromatic rings. The molecule has 1 aromatic heterocycles. The van der Waals surface area contributed by atoms with E-state index in [2.05, 4.69) is 18.7 Å². The van der Waals surface area contributed by atoms with Crippen LogP contribution in [0.25, 0.3) is 0 Å². The number of carbonyl (C=O) groups is 1. The number of benzene rings is 1. The zero-order valence-corrected chi connectivity index (χ0v) is 29.3. The molecule has 0 aliphatic carbocycles. The third-order valence-corrected chi connectivity index (χ3v) is 10.4. The van der Waals surface area contributed by atoms with E-state index in [1.807, 2.05) is 79.3 Å². The molecule has 2 aliphatic heterocycles. The second kappa shape index (κ2) is 14.7. The Labute approximate surface area is 283 Å². The first-order chi connectivity index (χ1) is 22.4. The molecule has 0 radical (unpaired) electrons. The van der Waals surface area contributed by atoms with Crippen molar-refractivity contribution in [3.8, 4) is 0 Å². The van der Waals surface area contributed by atoms with E-state index in [1.54, 1.807) is 6.07 Å². The molecule has 0 amide bonds. The van der Waals surface area contributed by atoms with E-state index < -0.39 is 31.6 Å². The lowest BCUT2D eigenvalue weighted by Gasteiger charge is -2.27. The number of aliphatic carboxylic acids is 1. The number of nitrogens with zero attached hydrogens (tertiary/aromatic N) is 3. The van der Waals surface area contributed by atoms with Crippen LogP contribution in [0.15, 0.2) is 94.6 Å². The van der Waals surface area contributed by atoms with Crippen molar-refractivity contribution in [2.24, 2.45) is 4.99 Å². The number of hydrogen-bond donors (Lipinski definition) is 3. The Bertz CT molecular complexity index is 1920. The number of fused-ring (bicyclic) bond motifs is 2. The zero-order valence-electron chi connectivity index (χ0n) is 27.7. The van der Waals surface area contributed by atoms with Gasteiger partial charge in [-0.15, -0.1) is 0 Å². The molecular formula is C35H44N3O8S2+. The fourth-order valence-corrected chi connectivity index (χ4v) is 7.16. The zero-order chi connectivity index (χ0) is 35.3. The molecule has 3 N–H and O–H groups in total. The van der Waals surface area contributed by atoms with E-state index in [0.29, 0.717) is 19.5 Å². The van der Waals surface area contributed by atoms with Crippen LogP contribution in [0.2, 0.25) is 0 Å². The molecule has 4 rings (SSSR count). The summed E-state index contributed by atoms with van der Waals surface area (Å²) in [5, 5.41) is 8.97. The molecule has 11 nitrogen and oxygen atoms in total. The highest BCUT2D eigenvalue weighted by Crippen LogP contribution is 2.48. The summed E-state index contributed by atoms with van der Waals surface area (Å²) in [7, 11) is -8.40. The van der Waals surface area contributed by atoms with Gasteiger partial charge in [0.15, 0.2) is 5.71 Å². The van der Waals surface area contributed by atoms with E-state index in [0.717, 1.165) is 46.9 Å². The molecule has 0 unspecified atom stereocenters. The normalized spacial score (nSPS) is 17.9. The van der Waals surface area contributed by atoms with E-state index in [9.17, 15) is 26.2 Å². The standard InChI is InChI=1S/C35H43N3O8S2/c1-34(2)27-15-13-21-37(22-14-24-47(41,42)43)33(27)36-30(34)16-9-6-5-7-10-17-31-35(3,4)28-25-26(48(44,45)46)19-20-29(28)38(31)23-12-8-11-18-32(39)40/h5-7,9-10,13,15-17,19-21,25H,8,11-12,14,18,22-24H2,1-4H3,(H2-,39,40,41,42,43,44,45,46)/p+1. The van der Waals surface area contributed by atoms with E-state index in [4.69, 9.17) is 14.7 Å². The molecule has 0 fully saturated rings. The van der Waals surface area contributed by atoms with Gasteiger partial charge in [-0.25, -0.2) is 4.57 Å². The number of hydrogen-bond acceptors (Lipinski definition) is 7. The number of rotatable bonds is 15. The quantitative estimate of drug-likeness (QED) is 0.0894. The summed E-state index contributed by atoms with van der Waals surface area (Å²) in [4.78, 5) is 17.7. The van der Waals surface area contributed by atoms with Gasteiger partial charge in [0.25, 0.3) is 20.2 Å². The number of anilines is 1. The molecule has 2 aliphatic rings. The van der Waals surface area contributed by atoms with E-state index in [-0.39, 0.29) is 28.9 Å². The number of aliphatic imine (C=N–C) groups is 1. The summed E-state index contributed by atoms with van der Waals surface area (Å²) in [5.41, 5.74) is 3.55. The molecule has 13 heteroatoms. The first kappa shape index (κ1) is 36.9. The highest BCUT2D eigenvalue weighted by molar-refractivity contribution is 7.86. The van der Waals surface area contributed by atoms with Crippen LogP contribution in [0.1, 0.15) is 70.9 Å². The highest BCUT2D eigenvalue weighted by Gasteiger charge is 2.42. The van der Waals surface area contributed by atoms with Crippen molar-refractivity contribution >= 4 is 43.4 Å². The largest absolute Gasteiger partial charge is 0.481 e. The average molecular weight is 699 g/mol. The van der Waals surface area contributed by atoms with Crippen LogP contribution in [-0.4, -0.2) is 55.0 Å². The second-order valence-electron chi connectivity index (χ2n) is 13.0. The number of carboxylic acids is 1. The maximum atomic E-state index is 11.9. The van der Waals surface area contributed by atoms with Crippen molar-refractivity contribution in [3.63, 3.8) is 0 Å². The number of unbranched alkanes of at least 4 members (excludes halogenated alkanes) is 2. The number of carboxylic acid groups (broad SMARTS) is 1. The van der Waals surface area contributed by atoms with Gasteiger partial charge in [-0.3, -0.25) is 13.9 Å². The van der Waals surface area contributed by atoms with Crippen molar-refractivity contribution in [2.45, 2.75) is 82.1 Å². The third kappa shape index (κ3) is 8.76. The Morgan fingerprint density at radius 2 is 1.60 bits per heavy atom. The first-order valence-corrected chi connectivity index (χ1v) is 18.9. The van der Waals surface area contributed by atoms with Gasteiger partial charge in [-0.1, -0.05) is 50.6 Å². The average Bonchev–Trinajstić information content (AvgIpc) is 3.36. The first-order valence-electron chi connectivity index (χ1n) is 15.8. The number of allylic oxidation sites excluding steroid dienone is 8. The summed E-state index contributed by atoms with van der Waals surface area (Å²) < 4.78 is 66.7. The van der Waals surface area contributed by atoms with Gasteiger partial charge < -0.3 is 10.0 Å². The van der Waals surface area contributed by atoms with Gasteiger partial charge in [0.2, 0.25) is 0 Å². The van der Waals surface area contributed by atoms with Crippen molar-refractivity contribution in [2.75, 3.05) is 17.2 Å². The summed E-state index contributed by atoms with van der Waals surface area (Å²) in [5.74, 6) is -0.369. The fraction of sp³-hybridized carbons (Fsp3) is 0.400. The molecule has 1 aromatic carbocycles. The molecule has 0 saturated carbocycles. The van der Waals surface area contributed by atoms with Gasteiger partial charge in [-0.2, -0.15) is 16.8 Å². The van der Waals surface area contributed by atoms with Crippen molar-refractivity contribution < 1.29 is 40.4 Å². The lowest BCUT2D eigenvalue weighted by molar-refractivity contribution is -0.684. The van der Waals surface area contributed by atoms with Crippen LogP contribution in [0, 0.1) is 0 Å². The minimum Gasteiger partial charge on any atom is -0.481 e. The summed E-state index contributed by atoms with van der Waals surface area (Å²) in [6.45, 7) is 9.20. The number of aromatic nitrogens is 1. The lowest BCUT2D eigenvalue weighted by atomic mass is 9.82. The maximum absolute atomic E-state index is 11.9. The molecular weight excluding hydrogens is 655 g/mol. The molecule has 0 bridgehead atoms. The number of aryl methyl sites for hydroxylation is 1. The molecule has 0 spiro atoms. The Balaban J connectivity index is 1.49. The molecule has 0 saturated heterocycles. The van der Waals surface area contributed by atoms with Crippen LogP contribution < -0.4 is 9.47 Å². The smallest absolute Gasteiger partial charge is 0.327 e. The Hall–Kier alpha value is -3.91. The Morgan fingerprint density at radius 3 is 2.29 bits per heavy atom. The Morgan fingerprint density at radius 1 is 0.896 bits per heavy atom. The van der Waals surface area contributed by atoms with Crippen molar-refractivity contribution in [1.29, 1.82) is 0 Å². The fourth-order valence-electron chi connectivity index (χ4n) is 6.16. The van der Waals surface area contributed by atoms with Gasteiger partial charge in [0.05, 0.1) is 34.4 Å².